The van der Waals surface area contributed by atoms with Crippen molar-refractivity contribution in [2.45, 2.75) is 26.4 Å². The van der Waals surface area contributed by atoms with Gasteiger partial charge in [-0.1, -0.05) is 24.3 Å². The fourth-order valence-corrected chi connectivity index (χ4v) is 3.57. The first-order chi connectivity index (χ1) is 9.72. The topological polar surface area (TPSA) is 19.4 Å². The molecule has 2 aliphatic heterocycles. The van der Waals surface area contributed by atoms with Crippen LogP contribution in [0.5, 0.6) is 0 Å². The molecule has 1 aromatic carbocycles. The maximum Gasteiger partial charge on any atom is 0.0718 e. The predicted octanol–water partition coefficient (Wildman–Crippen LogP) is 3.03. The number of hydrogen-bond donors (Lipinski definition) is 0. The summed E-state index contributed by atoms with van der Waals surface area (Å²) in [6, 6.07) is 13.7. The maximum atomic E-state index is 4.63. The summed E-state index contributed by atoms with van der Waals surface area (Å²) in [5, 5.41) is 0. The zero-order valence-corrected chi connectivity index (χ0v) is 12.0. The Morgan fingerprint density at radius 1 is 1.10 bits per heavy atom. The molecule has 0 aliphatic carbocycles. The van der Waals surface area contributed by atoms with Gasteiger partial charge in [-0.05, 0) is 37.1 Å². The number of anilines is 1. The van der Waals surface area contributed by atoms with Crippen LogP contribution in [0.4, 0.5) is 5.69 Å². The molecule has 3 heteroatoms. The highest BCUT2D eigenvalue weighted by molar-refractivity contribution is 5.55. The normalized spacial score (nSPS) is 23.8. The van der Waals surface area contributed by atoms with Crippen LogP contribution in [0.3, 0.4) is 0 Å². The lowest BCUT2D eigenvalue weighted by molar-refractivity contribution is 0.313. The van der Waals surface area contributed by atoms with Crippen LogP contribution in [0.15, 0.2) is 36.4 Å². The average molecular weight is 265 g/mol. The van der Waals surface area contributed by atoms with E-state index in [4.69, 9.17) is 0 Å². The zero-order chi connectivity index (χ0) is 13.7. The number of fused-ring (bicyclic) bond motifs is 4. The number of benzene rings is 1. The molecule has 2 atom stereocenters. The first-order valence-electron chi connectivity index (χ1n) is 7.23. The van der Waals surface area contributed by atoms with Gasteiger partial charge in [0.1, 0.15) is 0 Å². The average Bonchev–Trinajstić information content (AvgIpc) is 2.77. The van der Waals surface area contributed by atoms with Gasteiger partial charge in [0, 0.05) is 18.8 Å². The predicted molar refractivity (Wildman–Crippen MR) is 80.7 cm³/mol. The lowest BCUT2D eigenvalue weighted by Crippen LogP contribution is -2.25. The van der Waals surface area contributed by atoms with Crippen LogP contribution in [-0.2, 0) is 6.54 Å². The monoisotopic (exact) mass is 265 g/mol. The van der Waals surface area contributed by atoms with Crippen molar-refractivity contribution >= 4 is 5.69 Å². The molecule has 0 N–H and O–H groups in total. The van der Waals surface area contributed by atoms with E-state index < -0.39 is 0 Å². The van der Waals surface area contributed by atoms with Crippen molar-refractivity contribution in [3.05, 3.63) is 58.9 Å². The summed E-state index contributed by atoms with van der Waals surface area (Å²) in [5.74, 6) is 0. The van der Waals surface area contributed by atoms with Crippen LogP contribution in [0.25, 0.3) is 0 Å². The van der Waals surface area contributed by atoms with Crippen LogP contribution in [0.2, 0.25) is 0 Å². The van der Waals surface area contributed by atoms with Gasteiger partial charge >= 0.3 is 0 Å². The first-order valence-corrected chi connectivity index (χ1v) is 7.23. The van der Waals surface area contributed by atoms with Gasteiger partial charge in [0.2, 0.25) is 0 Å². The van der Waals surface area contributed by atoms with E-state index in [1.165, 1.54) is 16.8 Å². The Labute approximate surface area is 119 Å². The van der Waals surface area contributed by atoms with E-state index >= 15 is 0 Å². The molecular weight excluding hydrogens is 246 g/mol. The van der Waals surface area contributed by atoms with Gasteiger partial charge in [0.15, 0.2) is 0 Å². The summed E-state index contributed by atoms with van der Waals surface area (Å²) in [7, 11) is 0. The standard InChI is InChI=1S/C17H19N3/c1-12-7-8-16(13(2)18-12)20-11-19-9-14-5-3-4-6-15(14)17(20)10-19/h3-8,17H,9-11H2,1-2H3. The lowest BCUT2D eigenvalue weighted by atomic mass is 9.96. The minimum atomic E-state index is 0.475. The molecule has 3 nitrogen and oxygen atoms in total. The molecule has 0 saturated carbocycles. The Hall–Kier alpha value is -1.87. The quantitative estimate of drug-likeness (QED) is 0.790. The summed E-state index contributed by atoms with van der Waals surface area (Å²) in [6.45, 7) is 7.38. The van der Waals surface area contributed by atoms with E-state index in [-0.39, 0.29) is 0 Å². The molecule has 1 saturated heterocycles. The van der Waals surface area contributed by atoms with Gasteiger partial charge in [-0.25, -0.2) is 0 Å². The van der Waals surface area contributed by atoms with Crippen LogP contribution in [0, 0.1) is 13.8 Å². The summed E-state index contributed by atoms with van der Waals surface area (Å²) in [4.78, 5) is 9.66. The van der Waals surface area contributed by atoms with Crippen LogP contribution in [0.1, 0.15) is 28.6 Å². The number of hydrogen-bond acceptors (Lipinski definition) is 3. The summed E-state index contributed by atoms with van der Waals surface area (Å²) in [6.07, 6.45) is 0. The Balaban J connectivity index is 1.78. The van der Waals surface area contributed by atoms with Gasteiger partial charge in [-0.2, -0.15) is 0 Å². The third-order valence-electron chi connectivity index (χ3n) is 4.47. The second-order valence-corrected chi connectivity index (χ2v) is 5.89. The molecular formula is C17H19N3. The lowest BCUT2D eigenvalue weighted by Gasteiger charge is -2.28. The molecule has 1 aromatic heterocycles. The molecule has 2 unspecified atom stereocenters. The highest BCUT2D eigenvalue weighted by atomic mass is 15.4. The molecule has 102 valence electrons. The molecule has 0 amide bonds. The van der Waals surface area contributed by atoms with Crippen molar-refractivity contribution in [3.8, 4) is 0 Å². The van der Waals surface area contributed by atoms with E-state index in [9.17, 15) is 0 Å². The molecule has 2 aromatic rings. The Kier molecular flexibility index (Phi) is 2.57. The van der Waals surface area contributed by atoms with Crippen LogP contribution in [-0.4, -0.2) is 23.1 Å². The molecule has 1 fully saturated rings. The zero-order valence-electron chi connectivity index (χ0n) is 12.0. The highest BCUT2D eigenvalue weighted by Gasteiger charge is 2.37. The third-order valence-corrected chi connectivity index (χ3v) is 4.47. The number of aryl methyl sites for hydroxylation is 2. The summed E-state index contributed by atoms with van der Waals surface area (Å²) >= 11 is 0. The molecule has 4 rings (SSSR count). The number of aromatic nitrogens is 1. The Morgan fingerprint density at radius 2 is 1.95 bits per heavy atom. The third kappa shape index (κ3) is 1.74. The minimum absolute atomic E-state index is 0.475. The molecule has 3 heterocycles. The van der Waals surface area contributed by atoms with Crippen molar-refractivity contribution in [2.75, 3.05) is 18.1 Å². The first kappa shape index (κ1) is 11.9. The van der Waals surface area contributed by atoms with E-state index in [0.717, 1.165) is 31.1 Å². The largest absolute Gasteiger partial charge is 0.349 e. The van der Waals surface area contributed by atoms with Crippen molar-refractivity contribution in [2.24, 2.45) is 0 Å². The number of nitrogens with zero attached hydrogens (tertiary/aromatic N) is 3. The Bertz CT molecular complexity index is 665. The molecule has 20 heavy (non-hydrogen) atoms. The molecule has 0 spiro atoms. The number of pyridine rings is 1. The molecule has 2 bridgehead atoms. The van der Waals surface area contributed by atoms with Gasteiger partial charge in [0.25, 0.3) is 0 Å². The summed E-state index contributed by atoms with van der Waals surface area (Å²) < 4.78 is 0. The van der Waals surface area contributed by atoms with E-state index in [1.54, 1.807) is 0 Å². The van der Waals surface area contributed by atoms with E-state index in [1.807, 2.05) is 0 Å². The summed E-state index contributed by atoms with van der Waals surface area (Å²) in [5.41, 5.74) is 6.47. The van der Waals surface area contributed by atoms with Crippen molar-refractivity contribution < 1.29 is 0 Å². The second-order valence-electron chi connectivity index (χ2n) is 5.89. The molecule has 2 aliphatic rings. The smallest absolute Gasteiger partial charge is 0.0718 e. The minimum Gasteiger partial charge on any atom is -0.349 e. The van der Waals surface area contributed by atoms with E-state index in [0.29, 0.717) is 6.04 Å². The maximum absolute atomic E-state index is 4.63. The van der Waals surface area contributed by atoms with Gasteiger partial charge < -0.3 is 4.90 Å². The van der Waals surface area contributed by atoms with Gasteiger partial charge in [-0.3, -0.25) is 9.88 Å². The second kappa shape index (κ2) is 4.32. The fourth-order valence-electron chi connectivity index (χ4n) is 3.57. The van der Waals surface area contributed by atoms with Crippen LogP contribution < -0.4 is 4.90 Å². The van der Waals surface area contributed by atoms with Crippen LogP contribution >= 0.6 is 0 Å². The van der Waals surface area contributed by atoms with Crippen molar-refractivity contribution in [3.63, 3.8) is 0 Å². The Morgan fingerprint density at radius 3 is 2.80 bits per heavy atom. The van der Waals surface area contributed by atoms with E-state index in [2.05, 4.69) is 65.0 Å². The highest BCUT2D eigenvalue weighted by Crippen LogP contribution is 2.39. The molecule has 0 radical (unpaired) electrons. The van der Waals surface area contributed by atoms with Crippen molar-refractivity contribution in [1.29, 1.82) is 0 Å². The van der Waals surface area contributed by atoms with Gasteiger partial charge in [0.05, 0.1) is 24.1 Å². The fraction of sp³-hybridized carbons (Fsp3) is 0.353. The van der Waals surface area contributed by atoms with Gasteiger partial charge in [-0.15, -0.1) is 0 Å². The van der Waals surface area contributed by atoms with Crippen molar-refractivity contribution in [1.82, 2.24) is 9.88 Å². The number of rotatable bonds is 1. The SMILES string of the molecule is Cc1ccc(N2CN3Cc4ccccc4C2C3)c(C)n1.